The molecule has 0 amide bonds. The molecule has 1 aromatic rings. The van der Waals surface area contributed by atoms with E-state index >= 15 is 0 Å². The number of aliphatic carboxylic acids is 1. The van der Waals surface area contributed by atoms with Crippen molar-refractivity contribution in [3.63, 3.8) is 0 Å². The second kappa shape index (κ2) is 8.11. The third-order valence-electron chi connectivity index (χ3n) is 3.15. The molecule has 21 heavy (non-hydrogen) atoms. The van der Waals surface area contributed by atoms with Gasteiger partial charge in [-0.25, -0.2) is 0 Å². The van der Waals surface area contributed by atoms with E-state index in [1.165, 1.54) is 0 Å². The Morgan fingerprint density at radius 2 is 1.90 bits per heavy atom. The molecule has 0 aliphatic carbocycles. The van der Waals surface area contributed by atoms with Gasteiger partial charge in [0, 0.05) is 12.0 Å². The lowest BCUT2D eigenvalue weighted by molar-refractivity contribution is -0.168. The molecule has 0 saturated carbocycles. The number of esters is 1. The van der Waals surface area contributed by atoms with Crippen LogP contribution in [0.4, 0.5) is 0 Å². The van der Waals surface area contributed by atoms with E-state index in [2.05, 4.69) is 11.8 Å². The van der Waals surface area contributed by atoms with Gasteiger partial charge in [-0.2, -0.15) is 0 Å². The van der Waals surface area contributed by atoms with Gasteiger partial charge in [0.1, 0.15) is 0 Å². The van der Waals surface area contributed by atoms with Gasteiger partial charge >= 0.3 is 11.9 Å². The molecule has 0 aliphatic rings. The summed E-state index contributed by atoms with van der Waals surface area (Å²) < 4.78 is 4.94. The first-order valence-electron chi connectivity index (χ1n) is 7.01. The Balaban J connectivity index is 2.99. The Labute approximate surface area is 125 Å². The van der Waals surface area contributed by atoms with E-state index in [4.69, 9.17) is 4.74 Å². The second-order valence-electron chi connectivity index (χ2n) is 4.70. The van der Waals surface area contributed by atoms with Gasteiger partial charge in [-0.15, -0.1) is 0 Å². The van der Waals surface area contributed by atoms with Gasteiger partial charge < -0.3 is 9.84 Å². The number of rotatable bonds is 6. The second-order valence-corrected chi connectivity index (χ2v) is 4.70. The highest BCUT2D eigenvalue weighted by atomic mass is 16.5. The SMILES string of the molecule is CCCC(CC#Cc1ccccc1)(C(=O)O)C(=O)OCC. The first kappa shape index (κ1) is 16.8. The fraction of sp³-hybridized carbons (Fsp3) is 0.412. The minimum Gasteiger partial charge on any atom is -0.480 e. The summed E-state index contributed by atoms with van der Waals surface area (Å²) in [4.78, 5) is 23.7. The van der Waals surface area contributed by atoms with E-state index in [0.29, 0.717) is 6.42 Å². The number of benzene rings is 1. The average Bonchev–Trinajstić information content (AvgIpc) is 2.47. The van der Waals surface area contributed by atoms with Crippen molar-refractivity contribution in [1.82, 2.24) is 0 Å². The zero-order valence-electron chi connectivity index (χ0n) is 12.4. The largest absolute Gasteiger partial charge is 0.480 e. The first-order valence-corrected chi connectivity index (χ1v) is 7.01. The van der Waals surface area contributed by atoms with Crippen LogP contribution in [0.25, 0.3) is 0 Å². The van der Waals surface area contributed by atoms with E-state index in [1.807, 2.05) is 37.3 Å². The fourth-order valence-electron chi connectivity index (χ4n) is 2.05. The third-order valence-corrected chi connectivity index (χ3v) is 3.15. The Hall–Kier alpha value is -2.28. The minimum absolute atomic E-state index is 0.0517. The Morgan fingerprint density at radius 3 is 2.43 bits per heavy atom. The summed E-state index contributed by atoms with van der Waals surface area (Å²) in [6.07, 6.45) is 0.729. The highest BCUT2D eigenvalue weighted by Crippen LogP contribution is 2.30. The molecule has 1 aromatic carbocycles. The van der Waals surface area contributed by atoms with Gasteiger partial charge in [0.15, 0.2) is 5.41 Å². The first-order chi connectivity index (χ1) is 10.1. The minimum atomic E-state index is -1.58. The number of carboxylic acid groups (broad SMARTS) is 1. The molecule has 0 spiro atoms. The summed E-state index contributed by atoms with van der Waals surface area (Å²) in [6.45, 7) is 3.65. The molecular formula is C17H20O4. The maximum atomic E-state index is 12.1. The fourth-order valence-corrected chi connectivity index (χ4v) is 2.05. The summed E-state index contributed by atoms with van der Waals surface area (Å²) in [7, 11) is 0. The number of hydrogen-bond acceptors (Lipinski definition) is 3. The predicted molar refractivity (Wildman–Crippen MR) is 79.5 cm³/mol. The summed E-state index contributed by atoms with van der Waals surface area (Å²) in [5, 5.41) is 9.48. The molecule has 1 unspecified atom stereocenters. The maximum absolute atomic E-state index is 12.1. The van der Waals surface area contributed by atoms with Gasteiger partial charge in [-0.1, -0.05) is 43.4 Å². The van der Waals surface area contributed by atoms with Crippen LogP contribution in [-0.2, 0) is 14.3 Å². The average molecular weight is 288 g/mol. The highest BCUT2D eigenvalue weighted by molar-refractivity contribution is 5.99. The van der Waals surface area contributed by atoms with Gasteiger partial charge in [0.05, 0.1) is 6.61 Å². The van der Waals surface area contributed by atoms with Crippen LogP contribution >= 0.6 is 0 Å². The van der Waals surface area contributed by atoms with Gasteiger partial charge in [0.2, 0.25) is 0 Å². The Kier molecular flexibility index (Phi) is 6.48. The van der Waals surface area contributed by atoms with E-state index in [-0.39, 0.29) is 19.4 Å². The van der Waals surface area contributed by atoms with Crippen molar-refractivity contribution in [2.24, 2.45) is 5.41 Å². The standard InChI is InChI=1S/C17H20O4/c1-3-12-17(15(18)19,16(20)21-4-2)13-8-11-14-9-6-5-7-10-14/h5-7,9-10H,3-4,12-13H2,1-2H3,(H,18,19). The molecule has 4 nitrogen and oxygen atoms in total. The lowest BCUT2D eigenvalue weighted by Gasteiger charge is -2.24. The quantitative estimate of drug-likeness (QED) is 0.496. The molecule has 0 saturated heterocycles. The molecule has 0 bridgehead atoms. The molecule has 0 aromatic heterocycles. The molecule has 1 N–H and O–H groups in total. The number of carboxylic acids is 1. The smallest absolute Gasteiger partial charge is 0.324 e. The van der Waals surface area contributed by atoms with E-state index < -0.39 is 17.4 Å². The lowest BCUT2D eigenvalue weighted by atomic mass is 9.80. The molecule has 0 radical (unpaired) electrons. The van der Waals surface area contributed by atoms with Crippen LogP contribution in [0.1, 0.15) is 38.7 Å². The van der Waals surface area contributed by atoms with Gasteiger partial charge in [0.25, 0.3) is 0 Å². The summed E-state index contributed by atoms with van der Waals surface area (Å²) in [5.74, 6) is 3.82. The van der Waals surface area contributed by atoms with Crippen LogP contribution in [-0.4, -0.2) is 23.7 Å². The van der Waals surface area contributed by atoms with E-state index in [1.54, 1.807) is 6.92 Å². The molecule has 0 fully saturated rings. The third kappa shape index (κ3) is 4.35. The van der Waals surface area contributed by atoms with Crippen LogP contribution in [0.3, 0.4) is 0 Å². The normalized spacial score (nSPS) is 12.7. The molecule has 4 heteroatoms. The number of hydrogen-bond donors (Lipinski definition) is 1. The molecule has 1 rings (SSSR count). The van der Waals surface area contributed by atoms with Crippen LogP contribution in [0, 0.1) is 17.3 Å². The van der Waals surface area contributed by atoms with Crippen LogP contribution in [0.15, 0.2) is 30.3 Å². The van der Waals surface area contributed by atoms with Crippen molar-refractivity contribution >= 4 is 11.9 Å². The highest BCUT2D eigenvalue weighted by Gasteiger charge is 2.46. The zero-order chi connectivity index (χ0) is 15.7. The maximum Gasteiger partial charge on any atom is 0.324 e. The van der Waals surface area contributed by atoms with Crippen molar-refractivity contribution in [1.29, 1.82) is 0 Å². The molecular weight excluding hydrogens is 268 g/mol. The van der Waals surface area contributed by atoms with E-state index in [9.17, 15) is 14.7 Å². The van der Waals surface area contributed by atoms with Crippen LogP contribution < -0.4 is 0 Å². The van der Waals surface area contributed by atoms with Crippen molar-refractivity contribution in [2.45, 2.75) is 33.1 Å². The zero-order valence-corrected chi connectivity index (χ0v) is 12.4. The number of carbonyl (C=O) groups is 2. The Bertz CT molecular complexity index is 539. The van der Waals surface area contributed by atoms with Crippen LogP contribution in [0.5, 0.6) is 0 Å². The molecule has 1 atom stereocenters. The van der Waals surface area contributed by atoms with Gasteiger partial charge in [-0.3, -0.25) is 9.59 Å². The monoisotopic (exact) mass is 288 g/mol. The predicted octanol–water partition coefficient (Wildman–Crippen LogP) is 2.86. The van der Waals surface area contributed by atoms with Crippen molar-refractivity contribution in [3.05, 3.63) is 35.9 Å². The molecule has 0 aliphatic heterocycles. The molecule has 112 valence electrons. The summed E-state index contributed by atoms with van der Waals surface area (Å²) >= 11 is 0. The van der Waals surface area contributed by atoms with E-state index in [0.717, 1.165) is 5.56 Å². The molecule has 0 heterocycles. The van der Waals surface area contributed by atoms with Crippen LogP contribution in [0.2, 0.25) is 0 Å². The van der Waals surface area contributed by atoms with Gasteiger partial charge in [-0.05, 0) is 25.5 Å². The van der Waals surface area contributed by atoms with Crippen molar-refractivity contribution in [3.8, 4) is 11.8 Å². The van der Waals surface area contributed by atoms with Crippen molar-refractivity contribution < 1.29 is 19.4 Å². The number of ether oxygens (including phenoxy) is 1. The summed E-state index contributed by atoms with van der Waals surface area (Å²) in [6, 6.07) is 9.25. The topological polar surface area (TPSA) is 63.6 Å². The summed E-state index contributed by atoms with van der Waals surface area (Å²) in [5.41, 5.74) is -0.788. The number of carbonyl (C=O) groups excluding carboxylic acids is 1. The Morgan fingerprint density at radius 1 is 1.24 bits per heavy atom. The lowest BCUT2D eigenvalue weighted by Crippen LogP contribution is -2.40. The van der Waals surface area contributed by atoms with Crippen molar-refractivity contribution in [2.75, 3.05) is 6.61 Å².